The zero-order chi connectivity index (χ0) is 23.0. The van der Waals surface area contributed by atoms with E-state index in [0.717, 1.165) is 55.0 Å². The van der Waals surface area contributed by atoms with E-state index in [0.29, 0.717) is 12.2 Å². The summed E-state index contributed by atoms with van der Waals surface area (Å²) in [4.78, 5) is 17.8. The van der Waals surface area contributed by atoms with Crippen molar-refractivity contribution in [1.29, 1.82) is 0 Å². The fourth-order valence-corrected chi connectivity index (χ4v) is 4.78. The summed E-state index contributed by atoms with van der Waals surface area (Å²) in [5, 5.41) is 6.50. The van der Waals surface area contributed by atoms with Gasteiger partial charge in [-0.05, 0) is 73.5 Å². The molecule has 3 aliphatic rings. The summed E-state index contributed by atoms with van der Waals surface area (Å²) in [6.07, 6.45) is 4.56. The number of hydrogen-bond acceptors (Lipinski definition) is 5. The molecule has 2 N–H and O–H groups in total. The van der Waals surface area contributed by atoms with Gasteiger partial charge in [-0.25, -0.2) is 0 Å². The van der Waals surface area contributed by atoms with Crippen molar-refractivity contribution in [3.63, 3.8) is 0 Å². The van der Waals surface area contributed by atoms with Gasteiger partial charge in [-0.1, -0.05) is 12.1 Å². The number of carbonyl (C=O) groups is 1. The maximum atomic E-state index is 13.0. The third-order valence-electron chi connectivity index (χ3n) is 6.86. The summed E-state index contributed by atoms with van der Waals surface area (Å²) in [6, 6.07) is 14.8. The van der Waals surface area contributed by atoms with Crippen LogP contribution in [-0.4, -0.2) is 50.6 Å². The molecule has 3 aliphatic heterocycles. The van der Waals surface area contributed by atoms with E-state index < -0.39 is 5.54 Å². The lowest BCUT2D eigenvalue weighted by molar-refractivity contribution is -0.117. The van der Waals surface area contributed by atoms with Crippen LogP contribution in [0.3, 0.4) is 0 Å². The molecule has 2 aromatic rings. The van der Waals surface area contributed by atoms with E-state index in [1.54, 1.807) is 0 Å². The van der Waals surface area contributed by atoms with Crippen molar-refractivity contribution in [1.82, 2.24) is 10.2 Å². The SMILES string of the molecule is CN1CCN(c2ccc(N/C=C3\C(=O)NC(C)(C)c4ccc(C5=COCC5)cc43)cc2)CC1. The minimum atomic E-state index is -0.424. The van der Waals surface area contributed by atoms with Gasteiger partial charge in [-0.2, -0.15) is 0 Å². The van der Waals surface area contributed by atoms with Gasteiger partial charge >= 0.3 is 0 Å². The predicted octanol–water partition coefficient (Wildman–Crippen LogP) is 4.02. The molecule has 2 aromatic carbocycles. The van der Waals surface area contributed by atoms with Crippen LogP contribution in [0.25, 0.3) is 11.1 Å². The van der Waals surface area contributed by atoms with E-state index >= 15 is 0 Å². The zero-order valence-corrected chi connectivity index (χ0v) is 19.6. The number of likely N-dealkylation sites (N-methyl/N-ethyl adjacent to an activating group) is 1. The molecule has 0 unspecified atom stereocenters. The molecule has 0 aromatic heterocycles. The molecule has 0 spiro atoms. The van der Waals surface area contributed by atoms with E-state index in [-0.39, 0.29) is 5.91 Å². The van der Waals surface area contributed by atoms with Crippen molar-refractivity contribution in [3.05, 3.63) is 71.6 Å². The van der Waals surface area contributed by atoms with Crippen molar-refractivity contribution >= 4 is 28.4 Å². The van der Waals surface area contributed by atoms with Crippen LogP contribution in [0.5, 0.6) is 0 Å². The highest BCUT2D eigenvalue weighted by Crippen LogP contribution is 2.37. The molecule has 3 heterocycles. The van der Waals surface area contributed by atoms with Gasteiger partial charge in [-0.15, -0.1) is 0 Å². The maximum absolute atomic E-state index is 13.0. The first-order chi connectivity index (χ1) is 15.9. The Balaban J connectivity index is 1.40. The number of rotatable bonds is 4. The van der Waals surface area contributed by atoms with Gasteiger partial charge in [0.25, 0.3) is 5.91 Å². The Bertz CT molecular complexity index is 1110. The van der Waals surface area contributed by atoms with E-state index in [1.807, 2.05) is 26.3 Å². The average molecular weight is 445 g/mol. The normalized spacial score (nSPS) is 21.3. The van der Waals surface area contributed by atoms with Crippen LogP contribution in [0.2, 0.25) is 0 Å². The van der Waals surface area contributed by atoms with Crippen LogP contribution >= 0.6 is 0 Å². The summed E-state index contributed by atoms with van der Waals surface area (Å²) in [5.41, 5.74) is 6.79. The Labute approximate surface area is 195 Å². The largest absolute Gasteiger partial charge is 0.501 e. The minimum absolute atomic E-state index is 0.0668. The molecule has 172 valence electrons. The van der Waals surface area contributed by atoms with Crippen molar-refractivity contribution in [3.8, 4) is 0 Å². The topological polar surface area (TPSA) is 56.8 Å². The first-order valence-electron chi connectivity index (χ1n) is 11.7. The highest BCUT2D eigenvalue weighted by molar-refractivity contribution is 6.22. The fraction of sp³-hybridized carbons (Fsp3) is 0.370. The number of hydrogen-bond donors (Lipinski definition) is 2. The summed E-state index contributed by atoms with van der Waals surface area (Å²) >= 11 is 0. The highest BCUT2D eigenvalue weighted by atomic mass is 16.5. The van der Waals surface area contributed by atoms with Gasteiger partial charge in [0.1, 0.15) is 0 Å². The second-order valence-corrected chi connectivity index (χ2v) is 9.64. The number of piperazine rings is 1. The van der Waals surface area contributed by atoms with Gasteiger partial charge < -0.3 is 25.2 Å². The fourth-order valence-electron chi connectivity index (χ4n) is 4.78. The quantitative estimate of drug-likeness (QED) is 0.698. The van der Waals surface area contributed by atoms with E-state index in [9.17, 15) is 4.79 Å². The molecule has 0 saturated carbocycles. The van der Waals surface area contributed by atoms with Crippen LogP contribution in [0.15, 0.2) is 54.9 Å². The van der Waals surface area contributed by atoms with Crippen LogP contribution in [0.4, 0.5) is 11.4 Å². The first-order valence-corrected chi connectivity index (χ1v) is 11.7. The Morgan fingerprint density at radius 1 is 1.06 bits per heavy atom. The minimum Gasteiger partial charge on any atom is -0.501 e. The number of amides is 1. The molecular formula is C27H32N4O2. The number of carbonyl (C=O) groups excluding carboxylic acids is 1. The molecule has 0 bridgehead atoms. The van der Waals surface area contributed by atoms with Gasteiger partial charge in [0.15, 0.2) is 0 Å². The molecule has 6 heteroatoms. The Morgan fingerprint density at radius 2 is 1.82 bits per heavy atom. The molecule has 0 atom stereocenters. The van der Waals surface area contributed by atoms with Crippen LogP contribution in [0.1, 0.15) is 37.0 Å². The third-order valence-corrected chi connectivity index (χ3v) is 6.86. The lowest BCUT2D eigenvalue weighted by Gasteiger charge is -2.35. The average Bonchev–Trinajstić information content (AvgIpc) is 3.34. The van der Waals surface area contributed by atoms with Crippen molar-refractivity contribution < 1.29 is 9.53 Å². The Morgan fingerprint density at radius 3 is 2.52 bits per heavy atom. The second kappa shape index (κ2) is 8.60. The summed E-state index contributed by atoms with van der Waals surface area (Å²) in [7, 11) is 2.17. The summed E-state index contributed by atoms with van der Waals surface area (Å²) in [6.45, 7) is 9.07. The zero-order valence-electron chi connectivity index (χ0n) is 19.6. The van der Waals surface area contributed by atoms with Gasteiger partial charge in [-0.3, -0.25) is 4.79 Å². The van der Waals surface area contributed by atoms with Crippen LogP contribution in [0, 0.1) is 0 Å². The summed E-state index contributed by atoms with van der Waals surface area (Å²) < 4.78 is 5.43. The van der Waals surface area contributed by atoms with Crippen LogP contribution < -0.4 is 15.5 Å². The lowest BCUT2D eigenvalue weighted by atomic mass is 9.81. The molecule has 6 nitrogen and oxygen atoms in total. The molecule has 1 saturated heterocycles. The second-order valence-electron chi connectivity index (χ2n) is 9.64. The number of benzene rings is 2. The molecule has 1 fully saturated rings. The number of nitrogens with one attached hydrogen (secondary N) is 2. The predicted molar refractivity (Wildman–Crippen MR) is 134 cm³/mol. The standard InChI is InChI=1S/C27H32N4O2/c1-27(2)25-9-4-19(20-10-15-33-18-20)16-23(25)24(26(32)29-27)17-28-21-5-7-22(8-6-21)31-13-11-30(3)12-14-31/h4-9,16-18,28H,10-15H2,1-3H3,(H,29,32)/b24-17-. The van der Waals surface area contributed by atoms with Crippen molar-refractivity contribution in [2.75, 3.05) is 50.1 Å². The van der Waals surface area contributed by atoms with E-state index in [4.69, 9.17) is 4.74 Å². The van der Waals surface area contributed by atoms with E-state index in [2.05, 4.69) is 69.9 Å². The highest BCUT2D eigenvalue weighted by Gasteiger charge is 2.34. The molecular weight excluding hydrogens is 412 g/mol. The first kappa shape index (κ1) is 21.6. The number of nitrogens with zero attached hydrogens (tertiary/aromatic N) is 2. The van der Waals surface area contributed by atoms with Gasteiger partial charge in [0, 0.05) is 50.2 Å². The van der Waals surface area contributed by atoms with Crippen molar-refractivity contribution in [2.45, 2.75) is 25.8 Å². The van der Waals surface area contributed by atoms with E-state index in [1.165, 1.54) is 11.3 Å². The number of ether oxygens (including phenoxy) is 1. The van der Waals surface area contributed by atoms with Gasteiger partial charge in [0.05, 0.1) is 24.0 Å². The lowest BCUT2D eigenvalue weighted by Crippen LogP contribution is -2.45. The molecule has 0 radical (unpaired) electrons. The number of fused-ring (bicyclic) bond motifs is 1. The summed E-state index contributed by atoms with van der Waals surface area (Å²) in [5.74, 6) is -0.0668. The van der Waals surface area contributed by atoms with Crippen molar-refractivity contribution in [2.24, 2.45) is 0 Å². The monoisotopic (exact) mass is 444 g/mol. The van der Waals surface area contributed by atoms with Gasteiger partial charge in [0.2, 0.25) is 0 Å². The third kappa shape index (κ3) is 4.35. The molecule has 1 amide bonds. The Kier molecular flexibility index (Phi) is 5.62. The molecule has 33 heavy (non-hydrogen) atoms. The molecule has 5 rings (SSSR count). The maximum Gasteiger partial charge on any atom is 0.254 e. The van der Waals surface area contributed by atoms with Crippen LogP contribution in [-0.2, 0) is 15.1 Å². The molecule has 0 aliphatic carbocycles. The Hall–Kier alpha value is -3.25. The number of anilines is 2. The smallest absolute Gasteiger partial charge is 0.254 e.